The van der Waals surface area contributed by atoms with Crippen LogP contribution in [0.2, 0.25) is 0 Å². The Balaban J connectivity index is 2.70. The van der Waals surface area contributed by atoms with Crippen LogP contribution in [0.5, 0.6) is 0 Å². The lowest BCUT2D eigenvalue weighted by Gasteiger charge is -1.97. The van der Waals surface area contributed by atoms with Crippen LogP contribution < -0.4 is 5.56 Å². The summed E-state index contributed by atoms with van der Waals surface area (Å²) in [6.45, 7) is 0. The van der Waals surface area contributed by atoms with Gasteiger partial charge in [0.15, 0.2) is 0 Å². The molecule has 0 radical (unpaired) electrons. The molecule has 0 saturated heterocycles. The van der Waals surface area contributed by atoms with Gasteiger partial charge in [0.05, 0.1) is 0 Å². The average Bonchev–Trinajstić information content (AvgIpc) is 2.57. The maximum absolute atomic E-state index is 11.8. The van der Waals surface area contributed by atoms with Gasteiger partial charge in [0.1, 0.15) is 5.56 Å². The Morgan fingerprint density at radius 1 is 1.35 bits per heavy atom. The minimum atomic E-state index is -1.26. The zero-order chi connectivity index (χ0) is 12.6. The molecular formula is C11H8BrNO4. The van der Waals surface area contributed by atoms with Gasteiger partial charge in [0, 0.05) is 11.5 Å². The molecule has 0 spiro atoms. The van der Waals surface area contributed by atoms with Crippen LogP contribution in [0.1, 0.15) is 10.6 Å². The molecule has 6 heteroatoms. The standard InChI is InChI=1S/C11H8BrNO4/c1-13-10(14)8(9(17-13)11(15)16)6-2-4-7(12)5-3-6/h2-5H,1H3,(H,15,16). The number of aromatic carboxylic acids is 1. The first-order valence-electron chi connectivity index (χ1n) is 4.70. The zero-order valence-corrected chi connectivity index (χ0v) is 10.4. The molecule has 2 rings (SSSR count). The Kier molecular flexibility index (Phi) is 2.89. The van der Waals surface area contributed by atoms with E-state index in [1.165, 1.54) is 7.05 Å². The van der Waals surface area contributed by atoms with Crippen molar-refractivity contribution >= 4 is 21.9 Å². The van der Waals surface area contributed by atoms with E-state index < -0.39 is 11.5 Å². The lowest BCUT2D eigenvalue weighted by Crippen LogP contribution is -2.11. The molecule has 0 unspecified atom stereocenters. The Morgan fingerprint density at radius 3 is 2.47 bits per heavy atom. The molecule has 5 nitrogen and oxygen atoms in total. The molecule has 0 atom stereocenters. The monoisotopic (exact) mass is 297 g/mol. The number of carboxylic acids is 1. The quantitative estimate of drug-likeness (QED) is 0.921. The number of nitrogens with zero attached hydrogens (tertiary/aromatic N) is 1. The molecule has 0 aliphatic heterocycles. The van der Waals surface area contributed by atoms with Crippen LogP contribution in [0.3, 0.4) is 0 Å². The van der Waals surface area contributed by atoms with Crippen molar-refractivity contribution in [3.63, 3.8) is 0 Å². The third-order valence-corrected chi connectivity index (χ3v) is 2.81. The summed E-state index contributed by atoms with van der Waals surface area (Å²) < 4.78 is 6.63. The number of hydrogen-bond acceptors (Lipinski definition) is 3. The minimum absolute atomic E-state index is 0.0625. The molecule has 0 fully saturated rings. The van der Waals surface area contributed by atoms with Crippen LogP contribution in [-0.2, 0) is 7.05 Å². The van der Waals surface area contributed by atoms with Crippen molar-refractivity contribution in [2.75, 3.05) is 0 Å². The molecule has 1 N–H and O–H groups in total. The molecule has 17 heavy (non-hydrogen) atoms. The maximum Gasteiger partial charge on any atom is 0.375 e. The number of aryl methyl sites for hydroxylation is 1. The van der Waals surface area contributed by atoms with Gasteiger partial charge in [-0.15, -0.1) is 0 Å². The Labute approximate surface area is 104 Å². The van der Waals surface area contributed by atoms with Gasteiger partial charge in [-0.05, 0) is 17.7 Å². The highest BCUT2D eigenvalue weighted by atomic mass is 79.9. The fourth-order valence-electron chi connectivity index (χ4n) is 1.50. The SMILES string of the molecule is Cn1oc(C(=O)O)c(-c2ccc(Br)cc2)c1=O. The topological polar surface area (TPSA) is 72.4 Å². The first-order chi connectivity index (χ1) is 8.00. The Morgan fingerprint density at radius 2 is 1.94 bits per heavy atom. The Bertz CT molecular complexity index is 624. The second kappa shape index (κ2) is 4.21. The number of carbonyl (C=O) groups is 1. The molecule has 1 aromatic carbocycles. The predicted octanol–water partition coefficient (Wildman–Crippen LogP) is 2.11. The highest BCUT2D eigenvalue weighted by molar-refractivity contribution is 9.10. The molecule has 1 heterocycles. The second-order valence-corrected chi connectivity index (χ2v) is 4.33. The van der Waals surface area contributed by atoms with Gasteiger partial charge in [-0.25, -0.2) is 4.79 Å². The summed E-state index contributed by atoms with van der Waals surface area (Å²) in [6.07, 6.45) is 0. The molecule has 0 amide bonds. The van der Waals surface area contributed by atoms with E-state index in [1.54, 1.807) is 24.3 Å². The van der Waals surface area contributed by atoms with Crippen molar-refractivity contribution in [3.8, 4) is 11.1 Å². The molecular weight excluding hydrogens is 290 g/mol. The van der Waals surface area contributed by atoms with E-state index in [1.807, 2.05) is 0 Å². The minimum Gasteiger partial charge on any atom is -0.475 e. The van der Waals surface area contributed by atoms with Crippen LogP contribution in [0.4, 0.5) is 0 Å². The van der Waals surface area contributed by atoms with E-state index in [0.717, 1.165) is 9.21 Å². The van der Waals surface area contributed by atoms with Crippen LogP contribution >= 0.6 is 15.9 Å². The average molecular weight is 298 g/mol. The van der Waals surface area contributed by atoms with Gasteiger partial charge in [0.25, 0.3) is 11.3 Å². The lowest BCUT2D eigenvalue weighted by atomic mass is 10.1. The summed E-state index contributed by atoms with van der Waals surface area (Å²) in [5.41, 5.74) is 0.108. The van der Waals surface area contributed by atoms with Gasteiger partial charge in [-0.2, -0.15) is 4.74 Å². The van der Waals surface area contributed by atoms with Gasteiger partial charge in [-0.3, -0.25) is 4.79 Å². The van der Waals surface area contributed by atoms with Crippen molar-refractivity contribution in [1.29, 1.82) is 0 Å². The van der Waals surface area contributed by atoms with E-state index >= 15 is 0 Å². The van der Waals surface area contributed by atoms with Crippen molar-refractivity contribution in [2.24, 2.45) is 7.05 Å². The van der Waals surface area contributed by atoms with Gasteiger partial charge in [0.2, 0.25) is 0 Å². The summed E-state index contributed by atoms with van der Waals surface area (Å²) in [4.78, 5) is 22.7. The van der Waals surface area contributed by atoms with Crippen LogP contribution in [0, 0.1) is 0 Å². The van der Waals surface area contributed by atoms with Crippen molar-refractivity contribution in [3.05, 3.63) is 44.9 Å². The first-order valence-corrected chi connectivity index (χ1v) is 5.49. The predicted molar refractivity (Wildman–Crippen MR) is 64.0 cm³/mol. The number of halogens is 1. The van der Waals surface area contributed by atoms with Crippen LogP contribution in [0.15, 0.2) is 38.1 Å². The number of benzene rings is 1. The maximum atomic E-state index is 11.8. The second-order valence-electron chi connectivity index (χ2n) is 3.41. The number of aromatic nitrogens is 1. The molecule has 2 aromatic rings. The highest BCUT2D eigenvalue weighted by Gasteiger charge is 2.22. The van der Waals surface area contributed by atoms with E-state index in [0.29, 0.717) is 5.56 Å². The third-order valence-electron chi connectivity index (χ3n) is 2.28. The summed E-state index contributed by atoms with van der Waals surface area (Å²) >= 11 is 3.27. The van der Waals surface area contributed by atoms with Crippen molar-refractivity contribution in [1.82, 2.24) is 4.74 Å². The zero-order valence-electron chi connectivity index (χ0n) is 8.81. The first kappa shape index (κ1) is 11.7. The van der Waals surface area contributed by atoms with E-state index in [2.05, 4.69) is 15.9 Å². The largest absolute Gasteiger partial charge is 0.475 e. The summed E-state index contributed by atoms with van der Waals surface area (Å²) in [5, 5.41) is 8.96. The summed E-state index contributed by atoms with van der Waals surface area (Å²) in [7, 11) is 1.37. The van der Waals surface area contributed by atoms with Gasteiger partial charge >= 0.3 is 5.97 Å². The number of carboxylic acid groups (broad SMARTS) is 1. The lowest BCUT2D eigenvalue weighted by molar-refractivity contribution is 0.0639. The third kappa shape index (κ3) is 2.03. The molecule has 0 aliphatic carbocycles. The number of hydrogen-bond donors (Lipinski definition) is 1. The van der Waals surface area contributed by atoms with Crippen molar-refractivity contribution in [2.45, 2.75) is 0 Å². The smallest absolute Gasteiger partial charge is 0.375 e. The van der Waals surface area contributed by atoms with Gasteiger partial charge < -0.3 is 9.63 Å². The fraction of sp³-hybridized carbons (Fsp3) is 0.0909. The Hall–Kier alpha value is -1.82. The van der Waals surface area contributed by atoms with Crippen LogP contribution in [0.25, 0.3) is 11.1 Å². The van der Waals surface area contributed by atoms with Crippen molar-refractivity contribution < 1.29 is 14.4 Å². The van der Waals surface area contributed by atoms with Gasteiger partial charge in [-0.1, -0.05) is 28.1 Å². The molecule has 0 saturated carbocycles. The van der Waals surface area contributed by atoms with E-state index in [4.69, 9.17) is 9.63 Å². The summed E-state index contributed by atoms with van der Waals surface area (Å²) in [6, 6.07) is 6.77. The fourth-order valence-corrected chi connectivity index (χ4v) is 1.76. The molecule has 0 aliphatic rings. The molecule has 88 valence electrons. The highest BCUT2D eigenvalue weighted by Crippen LogP contribution is 2.22. The van der Waals surface area contributed by atoms with E-state index in [-0.39, 0.29) is 11.3 Å². The van der Waals surface area contributed by atoms with E-state index in [9.17, 15) is 9.59 Å². The molecule has 0 bridgehead atoms. The number of rotatable bonds is 2. The molecule has 1 aromatic heterocycles. The normalized spacial score (nSPS) is 10.5. The summed E-state index contributed by atoms with van der Waals surface area (Å²) in [5.74, 6) is -1.61. The van der Waals surface area contributed by atoms with Crippen LogP contribution in [-0.4, -0.2) is 15.8 Å².